The molecule has 140 valence electrons. The lowest BCUT2D eigenvalue weighted by Gasteiger charge is -2.05. The van der Waals surface area contributed by atoms with Gasteiger partial charge in [-0.3, -0.25) is 13.9 Å². The van der Waals surface area contributed by atoms with E-state index in [9.17, 15) is 18.0 Å². The van der Waals surface area contributed by atoms with Crippen LogP contribution in [-0.4, -0.2) is 19.2 Å². The molecule has 1 aliphatic carbocycles. The van der Waals surface area contributed by atoms with Gasteiger partial charge >= 0.3 is 6.18 Å². The SMILES string of the molecule is Cc1sc2nc(Cn3nc(C(F)(F)F)cc3Br)cc(=O)n2c1[C@H]1C[C@H]1C#N. The summed E-state index contributed by atoms with van der Waals surface area (Å²) in [6, 6.07) is 4.40. The van der Waals surface area contributed by atoms with Gasteiger partial charge in [-0.05, 0) is 29.3 Å². The van der Waals surface area contributed by atoms with Gasteiger partial charge < -0.3 is 0 Å². The molecule has 0 unspecified atom stereocenters. The van der Waals surface area contributed by atoms with Crippen molar-refractivity contribution in [1.82, 2.24) is 19.2 Å². The maximum absolute atomic E-state index is 12.8. The van der Waals surface area contributed by atoms with Gasteiger partial charge in [0.05, 0.1) is 24.2 Å². The molecule has 0 aromatic carbocycles. The van der Waals surface area contributed by atoms with Crippen LogP contribution in [0.2, 0.25) is 0 Å². The lowest BCUT2D eigenvalue weighted by molar-refractivity contribution is -0.141. The first-order chi connectivity index (χ1) is 12.7. The maximum atomic E-state index is 12.8. The average Bonchev–Trinajstić information content (AvgIpc) is 3.13. The Morgan fingerprint density at radius 3 is 2.78 bits per heavy atom. The lowest BCUT2D eigenvalue weighted by atomic mass is 10.2. The van der Waals surface area contributed by atoms with Gasteiger partial charge in [0.1, 0.15) is 4.60 Å². The van der Waals surface area contributed by atoms with Crippen molar-refractivity contribution in [2.75, 3.05) is 0 Å². The molecule has 0 spiro atoms. The molecule has 11 heteroatoms. The topological polar surface area (TPSA) is 76.0 Å². The predicted octanol–water partition coefficient (Wildman–Crippen LogP) is 3.72. The summed E-state index contributed by atoms with van der Waals surface area (Å²) in [6.07, 6.45) is -3.83. The standard InChI is InChI=1S/C16H11BrF3N5OS/c1-7-14(10-2-8(10)5-21)25-13(26)3-9(22-15(25)27-7)6-24-12(17)4-11(23-24)16(18,19)20/h3-4,8,10H,2,6H2,1H3/t8-,10-/m0/s1. The minimum Gasteiger partial charge on any atom is -0.269 e. The van der Waals surface area contributed by atoms with Crippen LogP contribution in [0.1, 0.15) is 34.3 Å². The largest absolute Gasteiger partial charge is 0.435 e. The Balaban J connectivity index is 1.72. The summed E-state index contributed by atoms with van der Waals surface area (Å²) in [5.74, 6) is -0.0578. The fourth-order valence-corrected chi connectivity index (χ4v) is 4.57. The van der Waals surface area contributed by atoms with E-state index >= 15 is 0 Å². The molecular formula is C16H11BrF3N5OS. The summed E-state index contributed by atoms with van der Waals surface area (Å²) >= 11 is 4.39. The van der Waals surface area contributed by atoms with Crippen LogP contribution in [0.15, 0.2) is 21.5 Å². The summed E-state index contributed by atoms with van der Waals surface area (Å²) in [4.78, 5) is 18.4. The summed E-state index contributed by atoms with van der Waals surface area (Å²) < 4.78 is 41.1. The number of hydrogen-bond acceptors (Lipinski definition) is 5. The number of rotatable bonds is 3. The highest BCUT2D eigenvalue weighted by Crippen LogP contribution is 2.49. The molecule has 2 atom stereocenters. The fraction of sp³-hybridized carbons (Fsp3) is 0.375. The van der Waals surface area contributed by atoms with Gasteiger partial charge in [-0.1, -0.05) is 0 Å². The van der Waals surface area contributed by atoms with Crippen LogP contribution in [0, 0.1) is 24.2 Å². The van der Waals surface area contributed by atoms with Gasteiger partial charge in [-0.2, -0.15) is 23.5 Å². The molecule has 0 bridgehead atoms. The van der Waals surface area contributed by atoms with Gasteiger partial charge in [0.15, 0.2) is 10.7 Å². The summed E-state index contributed by atoms with van der Waals surface area (Å²) in [5.41, 5.74) is -0.196. The fourth-order valence-electron chi connectivity index (χ4n) is 3.09. The molecule has 27 heavy (non-hydrogen) atoms. The molecule has 1 aliphatic rings. The molecule has 0 saturated heterocycles. The van der Waals surface area contributed by atoms with Crippen LogP contribution in [-0.2, 0) is 12.7 Å². The Hall–Kier alpha value is -2.19. The number of fused-ring (bicyclic) bond motifs is 1. The second-order valence-electron chi connectivity index (χ2n) is 6.33. The van der Waals surface area contributed by atoms with Crippen molar-refractivity contribution >= 4 is 32.2 Å². The van der Waals surface area contributed by atoms with Crippen molar-refractivity contribution in [2.45, 2.75) is 32.0 Å². The zero-order valence-electron chi connectivity index (χ0n) is 13.8. The van der Waals surface area contributed by atoms with Crippen molar-refractivity contribution in [3.63, 3.8) is 0 Å². The molecule has 0 N–H and O–H groups in total. The molecule has 3 aromatic heterocycles. The van der Waals surface area contributed by atoms with Crippen molar-refractivity contribution in [1.29, 1.82) is 5.26 Å². The quantitative estimate of drug-likeness (QED) is 0.600. The van der Waals surface area contributed by atoms with E-state index in [0.29, 0.717) is 10.7 Å². The second-order valence-corrected chi connectivity index (χ2v) is 8.33. The van der Waals surface area contributed by atoms with Crippen molar-refractivity contribution in [3.05, 3.63) is 49.0 Å². The van der Waals surface area contributed by atoms with Crippen LogP contribution in [0.5, 0.6) is 0 Å². The molecule has 1 fully saturated rings. The van der Waals surface area contributed by atoms with E-state index in [1.54, 1.807) is 0 Å². The Labute approximate surface area is 163 Å². The zero-order valence-corrected chi connectivity index (χ0v) is 16.2. The minimum atomic E-state index is -4.55. The molecule has 0 radical (unpaired) electrons. The number of hydrogen-bond donors (Lipinski definition) is 0. The van der Waals surface area contributed by atoms with Crippen LogP contribution >= 0.6 is 27.3 Å². The van der Waals surface area contributed by atoms with E-state index in [4.69, 9.17) is 5.26 Å². The maximum Gasteiger partial charge on any atom is 0.435 e. The molecule has 0 aliphatic heterocycles. The van der Waals surface area contributed by atoms with E-state index in [0.717, 1.165) is 27.7 Å². The van der Waals surface area contributed by atoms with E-state index in [1.807, 2.05) is 6.92 Å². The van der Waals surface area contributed by atoms with E-state index in [-0.39, 0.29) is 28.5 Å². The molecule has 1 saturated carbocycles. The predicted molar refractivity (Wildman–Crippen MR) is 94.6 cm³/mol. The van der Waals surface area contributed by atoms with Gasteiger partial charge in [0, 0.05) is 28.6 Å². The number of nitrogens with zero attached hydrogens (tertiary/aromatic N) is 5. The van der Waals surface area contributed by atoms with Crippen LogP contribution in [0.3, 0.4) is 0 Å². The lowest BCUT2D eigenvalue weighted by Crippen LogP contribution is -2.18. The average molecular weight is 458 g/mol. The normalized spacial score (nSPS) is 19.4. The first-order valence-electron chi connectivity index (χ1n) is 7.91. The Bertz CT molecular complexity index is 1160. The number of aromatic nitrogens is 4. The van der Waals surface area contributed by atoms with E-state index < -0.39 is 11.9 Å². The third kappa shape index (κ3) is 3.17. The van der Waals surface area contributed by atoms with Gasteiger partial charge in [-0.25, -0.2) is 4.98 Å². The van der Waals surface area contributed by atoms with Crippen LogP contribution < -0.4 is 5.56 Å². The van der Waals surface area contributed by atoms with E-state index in [1.165, 1.54) is 21.8 Å². The molecule has 6 nitrogen and oxygen atoms in total. The monoisotopic (exact) mass is 457 g/mol. The third-order valence-electron chi connectivity index (χ3n) is 4.43. The van der Waals surface area contributed by atoms with Crippen molar-refractivity contribution in [2.24, 2.45) is 5.92 Å². The number of thiazole rings is 1. The molecular weight excluding hydrogens is 447 g/mol. The van der Waals surface area contributed by atoms with Gasteiger partial charge in [0.2, 0.25) is 0 Å². The number of aryl methyl sites for hydroxylation is 1. The zero-order chi connectivity index (χ0) is 19.5. The number of halogens is 4. The first-order valence-corrected chi connectivity index (χ1v) is 9.52. The van der Waals surface area contributed by atoms with Crippen LogP contribution in [0.4, 0.5) is 13.2 Å². The first kappa shape index (κ1) is 18.2. The van der Waals surface area contributed by atoms with Gasteiger partial charge in [-0.15, -0.1) is 11.3 Å². The van der Waals surface area contributed by atoms with Crippen molar-refractivity contribution < 1.29 is 13.2 Å². The second kappa shape index (κ2) is 6.17. The molecule has 3 aromatic rings. The highest BCUT2D eigenvalue weighted by atomic mass is 79.9. The molecule has 3 heterocycles. The number of nitriles is 1. The van der Waals surface area contributed by atoms with Crippen molar-refractivity contribution in [3.8, 4) is 6.07 Å². The Morgan fingerprint density at radius 2 is 2.19 bits per heavy atom. The van der Waals surface area contributed by atoms with E-state index in [2.05, 4.69) is 32.1 Å². The highest BCUT2D eigenvalue weighted by Gasteiger charge is 2.42. The summed E-state index contributed by atoms with van der Waals surface area (Å²) in [7, 11) is 0. The number of alkyl halides is 3. The minimum absolute atomic E-state index is 0.0312. The van der Waals surface area contributed by atoms with Gasteiger partial charge in [0.25, 0.3) is 5.56 Å². The Kier molecular flexibility index (Phi) is 4.16. The van der Waals surface area contributed by atoms with Crippen LogP contribution in [0.25, 0.3) is 4.96 Å². The highest BCUT2D eigenvalue weighted by molar-refractivity contribution is 9.10. The summed E-state index contributed by atoms with van der Waals surface area (Å²) in [5, 5.41) is 12.6. The third-order valence-corrected chi connectivity index (χ3v) is 6.04. The molecule has 4 rings (SSSR count). The smallest absolute Gasteiger partial charge is 0.269 e. The Morgan fingerprint density at radius 1 is 1.44 bits per heavy atom. The molecule has 0 amide bonds. The summed E-state index contributed by atoms with van der Waals surface area (Å²) in [6.45, 7) is 1.80.